The van der Waals surface area contributed by atoms with Gasteiger partial charge >= 0.3 is 0 Å². The third kappa shape index (κ3) is 3.69. The van der Waals surface area contributed by atoms with E-state index in [0.717, 1.165) is 30.2 Å². The first kappa shape index (κ1) is 17.5. The zero-order chi connectivity index (χ0) is 17.8. The molecule has 6 heteroatoms. The number of hydrogen-bond acceptors (Lipinski definition) is 3. The maximum Gasteiger partial charge on any atom is 0.270 e. The van der Waals surface area contributed by atoms with Gasteiger partial charge in [-0.05, 0) is 31.4 Å². The highest BCUT2D eigenvalue weighted by molar-refractivity contribution is 5.99. The number of methoxy groups -OCH3 is 1. The summed E-state index contributed by atoms with van der Waals surface area (Å²) in [5.74, 6) is -0.386. The Morgan fingerprint density at radius 3 is 2.84 bits per heavy atom. The Labute approximate surface area is 147 Å². The van der Waals surface area contributed by atoms with Crippen molar-refractivity contribution in [3.05, 3.63) is 36.0 Å². The zero-order valence-corrected chi connectivity index (χ0v) is 14.6. The van der Waals surface area contributed by atoms with E-state index in [2.05, 4.69) is 0 Å². The van der Waals surface area contributed by atoms with Crippen molar-refractivity contribution in [3.8, 4) is 0 Å². The number of hydrogen-bond donors (Lipinski definition) is 1. The van der Waals surface area contributed by atoms with Crippen LogP contribution in [0.1, 0.15) is 36.2 Å². The highest BCUT2D eigenvalue weighted by Gasteiger charge is 2.30. The number of benzene rings is 1. The van der Waals surface area contributed by atoms with E-state index in [4.69, 9.17) is 10.5 Å². The Morgan fingerprint density at radius 2 is 2.08 bits per heavy atom. The van der Waals surface area contributed by atoms with E-state index in [1.165, 1.54) is 0 Å². The average molecular weight is 343 g/mol. The fraction of sp³-hybridized carbons (Fsp3) is 0.474. The number of ether oxygens (including phenoxy) is 1. The molecule has 1 unspecified atom stereocenters. The van der Waals surface area contributed by atoms with E-state index < -0.39 is 0 Å². The van der Waals surface area contributed by atoms with Crippen LogP contribution in [0, 0.1) is 0 Å². The topological polar surface area (TPSA) is 77.6 Å². The van der Waals surface area contributed by atoms with Gasteiger partial charge in [-0.3, -0.25) is 9.59 Å². The summed E-state index contributed by atoms with van der Waals surface area (Å²) in [6, 6.07) is 9.78. The quantitative estimate of drug-likeness (QED) is 0.873. The summed E-state index contributed by atoms with van der Waals surface area (Å²) >= 11 is 0. The number of fused-ring (bicyclic) bond motifs is 1. The summed E-state index contributed by atoms with van der Waals surface area (Å²) in [5, 5.41) is 1.03. The van der Waals surface area contributed by atoms with E-state index in [9.17, 15) is 9.59 Å². The van der Waals surface area contributed by atoms with Crippen LogP contribution in [0.2, 0.25) is 0 Å². The third-order valence-electron chi connectivity index (χ3n) is 4.87. The monoisotopic (exact) mass is 343 g/mol. The van der Waals surface area contributed by atoms with Crippen molar-refractivity contribution < 1.29 is 14.3 Å². The summed E-state index contributed by atoms with van der Waals surface area (Å²) in [5.41, 5.74) is 7.05. The second-order valence-corrected chi connectivity index (χ2v) is 6.55. The molecular weight excluding hydrogens is 318 g/mol. The number of nitrogens with zero attached hydrogens (tertiary/aromatic N) is 2. The second-order valence-electron chi connectivity index (χ2n) is 6.55. The lowest BCUT2D eigenvalue weighted by atomic mass is 9.98. The molecule has 6 nitrogen and oxygen atoms in total. The minimum Gasteiger partial charge on any atom is -0.383 e. The highest BCUT2D eigenvalue weighted by atomic mass is 16.5. The number of nitrogens with two attached hydrogens (primary N) is 1. The molecule has 2 aromatic rings. The van der Waals surface area contributed by atoms with E-state index in [-0.39, 0.29) is 24.3 Å². The van der Waals surface area contributed by atoms with E-state index in [1.807, 2.05) is 39.8 Å². The van der Waals surface area contributed by atoms with E-state index in [1.54, 1.807) is 7.11 Å². The van der Waals surface area contributed by atoms with Crippen LogP contribution in [-0.4, -0.2) is 47.6 Å². The van der Waals surface area contributed by atoms with Crippen molar-refractivity contribution in [1.82, 2.24) is 9.47 Å². The van der Waals surface area contributed by atoms with Gasteiger partial charge in [0.05, 0.1) is 6.61 Å². The lowest BCUT2D eigenvalue weighted by Crippen LogP contribution is -2.46. The SMILES string of the molecule is COCCn1c(C(=O)N2CCCCC2CC(N)=O)cc2ccccc21. The van der Waals surface area contributed by atoms with Gasteiger partial charge < -0.3 is 19.9 Å². The Kier molecular flexibility index (Phi) is 5.38. The molecule has 2 N–H and O–H groups in total. The molecular formula is C19H25N3O3. The molecule has 1 aliphatic rings. The smallest absolute Gasteiger partial charge is 0.270 e. The van der Waals surface area contributed by atoms with Crippen molar-refractivity contribution in [2.75, 3.05) is 20.3 Å². The van der Waals surface area contributed by atoms with E-state index in [0.29, 0.717) is 25.4 Å². The molecule has 1 saturated heterocycles. The highest BCUT2D eigenvalue weighted by Crippen LogP contribution is 2.25. The van der Waals surface area contributed by atoms with Gasteiger partial charge in [0, 0.05) is 43.6 Å². The predicted octanol–water partition coefficient (Wildman–Crippen LogP) is 2.16. The molecule has 1 aromatic carbocycles. The Hall–Kier alpha value is -2.34. The van der Waals surface area contributed by atoms with Crippen LogP contribution in [0.5, 0.6) is 0 Å². The summed E-state index contributed by atoms with van der Waals surface area (Å²) in [7, 11) is 1.65. The van der Waals surface area contributed by atoms with Gasteiger partial charge in [-0.25, -0.2) is 0 Å². The number of piperidine rings is 1. The molecule has 2 heterocycles. The van der Waals surface area contributed by atoms with Crippen LogP contribution in [0.15, 0.2) is 30.3 Å². The molecule has 1 fully saturated rings. The van der Waals surface area contributed by atoms with Gasteiger partial charge in [-0.1, -0.05) is 18.2 Å². The predicted molar refractivity (Wildman–Crippen MR) is 96.3 cm³/mol. The molecule has 0 aliphatic carbocycles. The molecule has 2 amide bonds. The number of carbonyl (C=O) groups is 2. The third-order valence-corrected chi connectivity index (χ3v) is 4.87. The maximum atomic E-state index is 13.3. The number of primary amides is 1. The first-order chi connectivity index (χ1) is 12.1. The molecule has 0 saturated carbocycles. The molecule has 0 radical (unpaired) electrons. The minimum atomic E-state index is -0.357. The maximum absolute atomic E-state index is 13.3. The summed E-state index contributed by atoms with van der Waals surface area (Å²) in [6.45, 7) is 1.81. The van der Waals surface area contributed by atoms with Crippen molar-refractivity contribution in [1.29, 1.82) is 0 Å². The van der Waals surface area contributed by atoms with Gasteiger partial charge in [-0.15, -0.1) is 0 Å². The summed E-state index contributed by atoms with van der Waals surface area (Å²) in [6.07, 6.45) is 3.03. The summed E-state index contributed by atoms with van der Waals surface area (Å²) < 4.78 is 7.22. The normalized spacial score (nSPS) is 17.8. The number of likely N-dealkylation sites (tertiary alicyclic amines) is 1. The molecule has 134 valence electrons. The number of para-hydroxylation sites is 1. The average Bonchev–Trinajstić information content (AvgIpc) is 2.98. The zero-order valence-electron chi connectivity index (χ0n) is 14.6. The van der Waals surface area contributed by atoms with Crippen LogP contribution in [0.4, 0.5) is 0 Å². The molecule has 25 heavy (non-hydrogen) atoms. The number of aromatic nitrogens is 1. The van der Waals surface area contributed by atoms with Gasteiger partial charge in [0.15, 0.2) is 0 Å². The Morgan fingerprint density at radius 1 is 1.28 bits per heavy atom. The first-order valence-corrected chi connectivity index (χ1v) is 8.78. The van der Waals surface area contributed by atoms with Crippen molar-refractivity contribution in [2.45, 2.75) is 38.3 Å². The molecule has 3 rings (SSSR count). The minimum absolute atomic E-state index is 0.0294. The van der Waals surface area contributed by atoms with Crippen molar-refractivity contribution in [3.63, 3.8) is 0 Å². The van der Waals surface area contributed by atoms with Gasteiger partial charge in [-0.2, -0.15) is 0 Å². The largest absolute Gasteiger partial charge is 0.383 e. The van der Waals surface area contributed by atoms with Crippen LogP contribution < -0.4 is 5.73 Å². The lowest BCUT2D eigenvalue weighted by molar-refractivity contribution is -0.119. The number of carbonyl (C=O) groups excluding carboxylic acids is 2. The Bertz CT molecular complexity index is 768. The Balaban J connectivity index is 1.96. The fourth-order valence-corrected chi connectivity index (χ4v) is 3.67. The van der Waals surface area contributed by atoms with Gasteiger partial charge in [0.1, 0.15) is 5.69 Å². The fourth-order valence-electron chi connectivity index (χ4n) is 3.67. The second kappa shape index (κ2) is 7.70. The van der Waals surface area contributed by atoms with Gasteiger partial charge in [0.25, 0.3) is 5.91 Å². The molecule has 0 bridgehead atoms. The molecule has 1 aliphatic heterocycles. The van der Waals surface area contributed by atoms with E-state index >= 15 is 0 Å². The van der Waals surface area contributed by atoms with Crippen LogP contribution in [-0.2, 0) is 16.1 Å². The van der Waals surface area contributed by atoms with Gasteiger partial charge in [0.2, 0.25) is 5.91 Å². The molecule has 1 atom stereocenters. The lowest BCUT2D eigenvalue weighted by Gasteiger charge is -2.35. The van der Waals surface area contributed by atoms with Crippen LogP contribution >= 0.6 is 0 Å². The summed E-state index contributed by atoms with van der Waals surface area (Å²) in [4.78, 5) is 26.5. The van der Waals surface area contributed by atoms with Crippen LogP contribution in [0.25, 0.3) is 10.9 Å². The van der Waals surface area contributed by atoms with Crippen LogP contribution in [0.3, 0.4) is 0 Å². The standard InChI is InChI=1S/C19H25N3O3/c1-25-11-10-22-16-8-3-2-6-14(16)12-17(22)19(24)21-9-5-4-7-15(21)13-18(20)23/h2-3,6,8,12,15H,4-5,7,9-11,13H2,1H3,(H2,20,23). The molecule has 1 aromatic heterocycles. The number of amides is 2. The van der Waals surface area contributed by atoms with Crippen molar-refractivity contribution >= 4 is 22.7 Å². The molecule has 0 spiro atoms. The van der Waals surface area contributed by atoms with Crippen molar-refractivity contribution in [2.24, 2.45) is 5.73 Å². The number of rotatable bonds is 6. The first-order valence-electron chi connectivity index (χ1n) is 8.78.